The number of nitrogens with zero attached hydrogens (tertiary/aromatic N) is 4. The maximum absolute atomic E-state index is 5.62. The molecule has 2 heterocycles. The molecular weight excluding hydrogens is 234 g/mol. The first kappa shape index (κ1) is 10.3. The van der Waals surface area contributed by atoms with Crippen molar-refractivity contribution < 1.29 is 0 Å². The van der Waals surface area contributed by atoms with Crippen LogP contribution < -0.4 is 5.32 Å². The molecule has 0 fully saturated rings. The van der Waals surface area contributed by atoms with Gasteiger partial charge >= 0.3 is 0 Å². The van der Waals surface area contributed by atoms with E-state index >= 15 is 0 Å². The van der Waals surface area contributed by atoms with Crippen LogP contribution in [0, 0.1) is 6.92 Å². The zero-order valence-electron chi connectivity index (χ0n) is 7.94. The topological polar surface area (TPSA) is 63.6 Å². The lowest BCUT2D eigenvalue weighted by Crippen LogP contribution is -2.01. The summed E-state index contributed by atoms with van der Waals surface area (Å²) in [4.78, 5) is 9.07. The summed E-state index contributed by atoms with van der Waals surface area (Å²) >= 11 is 6.99. The quantitative estimate of drug-likeness (QED) is 0.889. The second-order valence-corrected chi connectivity index (χ2v) is 4.09. The van der Waals surface area contributed by atoms with Gasteiger partial charge in [-0.15, -0.1) is 5.10 Å². The highest BCUT2D eigenvalue weighted by Crippen LogP contribution is 2.12. The summed E-state index contributed by atoms with van der Waals surface area (Å²) in [5, 5.41) is 7.41. The number of nitrogens with one attached hydrogen (secondary N) is 1. The van der Waals surface area contributed by atoms with Gasteiger partial charge in [-0.1, -0.05) is 16.1 Å². The van der Waals surface area contributed by atoms with Crippen molar-refractivity contribution in [3.63, 3.8) is 0 Å². The second-order valence-electron chi connectivity index (χ2n) is 2.86. The van der Waals surface area contributed by atoms with Crippen molar-refractivity contribution in [3.8, 4) is 0 Å². The number of hydrogen-bond donors (Lipinski definition) is 1. The normalized spacial score (nSPS) is 10.3. The van der Waals surface area contributed by atoms with Crippen LogP contribution in [0.5, 0.6) is 0 Å². The van der Waals surface area contributed by atoms with Crippen molar-refractivity contribution in [1.82, 2.24) is 19.6 Å². The third-order valence-corrected chi connectivity index (χ3v) is 2.81. The first-order chi connectivity index (χ1) is 7.25. The first-order valence-corrected chi connectivity index (χ1v) is 5.40. The fourth-order valence-electron chi connectivity index (χ4n) is 0.987. The summed E-state index contributed by atoms with van der Waals surface area (Å²) in [5.41, 5.74) is 0.939. The zero-order chi connectivity index (χ0) is 10.7. The molecule has 0 aliphatic rings. The molecule has 0 atom stereocenters. The average Bonchev–Trinajstić information content (AvgIpc) is 2.63. The number of anilines is 1. The van der Waals surface area contributed by atoms with Crippen molar-refractivity contribution in [1.29, 1.82) is 0 Å². The predicted molar refractivity (Wildman–Crippen MR) is 59.0 cm³/mol. The summed E-state index contributed by atoms with van der Waals surface area (Å²) in [7, 11) is 0. The molecule has 0 radical (unpaired) electrons. The molecule has 2 rings (SSSR count). The van der Waals surface area contributed by atoms with Gasteiger partial charge in [-0.25, -0.2) is 9.97 Å². The van der Waals surface area contributed by atoms with Crippen molar-refractivity contribution >= 4 is 29.0 Å². The molecule has 0 saturated heterocycles. The second kappa shape index (κ2) is 4.50. The van der Waals surface area contributed by atoms with Gasteiger partial charge in [0.2, 0.25) is 0 Å². The molecule has 5 nitrogen and oxygen atoms in total. The van der Waals surface area contributed by atoms with E-state index in [1.54, 1.807) is 6.20 Å². The number of hydrogen-bond acceptors (Lipinski definition) is 6. The van der Waals surface area contributed by atoms with Gasteiger partial charge < -0.3 is 5.32 Å². The summed E-state index contributed by atoms with van der Waals surface area (Å²) in [6.07, 6.45) is 3.09. The van der Waals surface area contributed by atoms with Gasteiger partial charge in [0.05, 0.1) is 29.5 Å². The van der Waals surface area contributed by atoms with E-state index in [1.807, 2.05) is 6.92 Å². The summed E-state index contributed by atoms with van der Waals surface area (Å²) in [6, 6.07) is 0. The Morgan fingerprint density at radius 2 is 2.27 bits per heavy atom. The largest absolute Gasteiger partial charge is 0.364 e. The third kappa shape index (κ3) is 2.60. The van der Waals surface area contributed by atoms with Gasteiger partial charge in [-0.3, -0.25) is 0 Å². The molecule has 0 aliphatic heterocycles. The minimum absolute atomic E-state index is 0.385. The van der Waals surface area contributed by atoms with E-state index in [2.05, 4.69) is 24.9 Å². The Morgan fingerprint density at radius 3 is 2.87 bits per heavy atom. The Morgan fingerprint density at radius 1 is 1.40 bits per heavy atom. The molecule has 0 aromatic carbocycles. The number of aryl methyl sites for hydroxylation is 1. The Bertz CT molecular complexity index is 441. The van der Waals surface area contributed by atoms with Crippen molar-refractivity contribution in [3.05, 3.63) is 28.1 Å². The lowest BCUT2D eigenvalue weighted by atomic mass is 10.4. The maximum Gasteiger partial charge on any atom is 0.147 e. The predicted octanol–water partition coefficient (Wildman–Crippen LogP) is 1.90. The standard InChI is InChI=1S/C8H8ClN5S/c1-5-6(15-14-13-5)2-11-8-4-10-7(9)3-12-8/h3-4H,2H2,1H3,(H,11,12). The minimum Gasteiger partial charge on any atom is -0.364 e. The molecule has 0 saturated carbocycles. The summed E-state index contributed by atoms with van der Waals surface area (Å²) < 4.78 is 3.84. The molecule has 7 heteroatoms. The first-order valence-electron chi connectivity index (χ1n) is 4.25. The molecule has 2 aromatic rings. The van der Waals surface area contributed by atoms with Crippen LogP contribution in [0.1, 0.15) is 10.6 Å². The number of halogens is 1. The lowest BCUT2D eigenvalue weighted by molar-refractivity contribution is 1.04. The van der Waals surface area contributed by atoms with E-state index in [4.69, 9.17) is 11.6 Å². The maximum atomic E-state index is 5.62. The fraction of sp³-hybridized carbons (Fsp3) is 0.250. The van der Waals surface area contributed by atoms with Crippen LogP contribution in [-0.2, 0) is 6.54 Å². The van der Waals surface area contributed by atoms with Crippen LogP contribution >= 0.6 is 23.1 Å². The van der Waals surface area contributed by atoms with Gasteiger partial charge in [-0.05, 0) is 18.5 Å². The number of aromatic nitrogens is 4. The minimum atomic E-state index is 0.385. The van der Waals surface area contributed by atoms with Crippen LogP contribution in [0.4, 0.5) is 5.82 Å². The fourth-order valence-corrected chi connectivity index (χ4v) is 1.66. The lowest BCUT2D eigenvalue weighted by Gasteiger charge is -2.02. The van der Waals surface area contributed by atoms with E-state index in [-0.39, 0.29) is 0 Å². The number of rotatable bonds is 3. The Hall–Kier alpha value is -1.27. The molecule has 0 amide bonds. The zero-order valence-corrected chi connectivity index (χ0v) is 9.51. The van der Waals surface area contributed by atoms with Crippen LogP contribution in [-0.4, -0.2) is 19.6 Å². The molecule has 15 heavy (non-hydrogen) atoms. The molecule has 1 N–H and O–H groups in total. The van der Waals surface area contributed by atoms with Gasteiger partial charge in [0.15, 0.2) is 0 Å². The molecule has 0 aliphatic carbocycles. The SMILES string of the molecule is Cc1nnsc1CNc1cnc(Cl)cn1. The van der Waals surface area contributed by atoms with Gasteiger partial charge in [0.1, 0.15) is 11.0 Å². The smallest absolute Gasteiger partial charge is 0.147 e. The molecule has 0 bridgehead atoms. The van der Waals surface area contributed by atoms with Gasteiger partial charge in [0.25, 0.3) is 0 Å². The van der Waals surface area contributed by atoms with E-state index in [1.165, 1.54) is 17.7 Å². The molecule has 78 valence electrons. The van der Waals surface area contributed by atoms with Crippen molar-refractivity contribution in [2.75, 3.05) is 5.32 Å². The van der Waals surface area contributed by atoms with Crippen LogP contribution in [0.15, 0.2) is 12.4 Å². The Labute approximate surface area is 95.7 Å². The molecule has 0 spiro atoms. The highest BCUT2D eigenvalue weighted by Gasteiger charge is 2.02. The van der Waals surface area contributed by atoms with Crippen molar-refractivity contribution in [2.45, 2.75) is 13.5 Å². The highest BCUT2D eigenvalue weighted by atomic mass is 35.5. The van der Waals surface area contributed by atoms with Crippen LogP contribution in [0.2, 0.25) is 5.15 Å². The Balaban J connectivity index is 1.99. The third-order valence-electron chi connectivity index (χ3n) is 1.80. The highest BCUT2D eigenvalue weighted by molar-refractivity contribution is 7.05. The van der Waals surface area contributed by atoms with Gasteiger partial charge in [0, 0.05) is 0 Å². The monoisotopic (exact) mass is 241 g/mol. The average molecular weight is 242 g/mol. The molecule has 2 aromatic heterocycles. The van der Waals surface area contributed by atoms with E-state index in [9.17, 15) is 0 Å². The summed E-state index contributed by atoms with van der Waals surface area (Å²) in [5.74, 6) is 0.687. The van der Waals surface area contributed by atoms with Crippen LogP contribution in [0.25, 0.3) is 0 Å². The summed E-state index contributed by atoms with van der Waals surface area (Å²) in [6.45, 7) is 2.58. The van der Waals surface area contributed by atoms with E-state index in [0.29, 0.717) is 17.5 Å². The van der Waals surface area contributed by atoms with Gasteiger partial charge in [-0.2, -0.15) is 0 Å². The Kier molecular flexibility index (Phi) is 3.08. The van der Waals surface area contributed by atoms with E-state index in [0.717, 1.165) is 10.6 Å². The molecular formula is C8H8ClN5S. The van der Waals surface area contributed by atoms with E-state index < -0.39 is 0 Å². The van der Waals surface area contributed by atoms with Crippen LogP contribution in [0.3, 0.4) is 0 Å². The molecule has 0 unspecified atom stereocenters. The van der Waals surface area contributed by atoms with Crippen molar-refractivity contribution in [2.24, 2.45) is 0 Å².